The van der Waals surface area contributed by atoms with Crippen LogP contribution in [-0.4, -0.2) is 22.6 Å². The number of ether oxygens (including phenoxy) is 1. The van der Waals surface area contributed by atoms with Gasteiger partial charge in [-0.2, -0.15) is 18.3 Å². The first-order chi connectivity index (χ1) is 7.44. The van der Waals surface area contributed by atoms with Gasteiger partial charge in [0.05, 0.1) is 23.0 Å². The Morgan fingerprint density at radius 2 is 2.19 bits per heavy atom. The number of aromatic nitrogens is 2. The van der Waals surface area contributed by atoms with Crippen molar-refractivity contribution in [2.45, 2.75) is 32.7 Å². The van der Waals surface area contributed by atoms with Crippen LogP contribution >= 0.6 is 15.9 Å². The van der Waals surface area contributed by atoms with Gasteiger partial charge >= 0.3 is 6.18 Å². The molecule has 0 N–H and O–H groups in total. The quantitative estimate of drug-likeness (QED) is 0.781. The molecule has 0 spiro atoms. The van der Waals surface area contributed by atoms with Gasteiger partial charge < -0.3 is 4.74 Å². The van der Waals surface area contributed by atoms with Crippen molar-refractivity contribution in [2.75, 3.05) is 6.61 Å². The smallest absolute Gasteiger partial charge is 0.375 e. The van der Waals surface area contributed by atoms with Gasteiger partial charge in [-0.1, -0.05) is 6.92 Å². The SMILES string of the molecule is CCCOCc1c(Br)cnn1CC(F)(F)F. The second-order valence-corrected chi connectivity index (χ2v) is 4.12. The first kappa shape index (κ1) is 13.5. The van der Waals surface area contributed by atoms with Crippen LogP contribution in [0.5, 0.6) is 0 Å². The van der Waals surface area contributed by atoms with Crippen molar-refractivity contribution >= 4 is 15.9 Å². The number of rotatable bonds is 5. The highest BCUT2D eigenvalue weighted by Crippen LogP contribution is 2.22. The largest absolute Gasteiger partial charge is 0.408 e. The zero-order valence-corrected chi connectivity index (χ0v) is 10.3. The minimum absolute atomic E-state index is 0.129. The molecule has 0 radical (unpaired) electrons. The third-order valence-corrected chi connectivity index (χ3v) is 2.48. The molecule has 92 valence electrons. The van der Waals surface area contributed by atoms with Gasteiger partial charge in [-0.05, 0) is 22.4 Å². The fourth-order valence-corrected chi connectivity index (χ4v) is 1.56. The zero-order chi connectivity index (χ0) is 12.2. The second-order valence-electron chi connectivity index (χ2n) is 3.26. The topological polar surface area (TPSA) is 27.1 Å². The summed E-state index contributed by atoms with van der Waals surface area (Å²) in [7, 11) is 0. The van der Waals surface area contributed by atoms with Crippen LogP contribution < -0.4 is 0 Å². The molecular weight excluding hydrogens is 289 g/mol. The van der Waals surface area contributed by atoms with E-state index in [1.54, 1.807) is 0 Å². The summed E-state index contributed by atoms with van der Waals surface area (Å²) in [6, 6.07) is 0. The standard InChI is InChI=1S/C9H12BrF3N2O/c1-2-3-16-5-8-7(10)4-14-15(8)6-9(11,12)13/h4H,2-3,5-6H2,1H3. The molecule has 0 atom stereocenters. The first-order valence-electron chi connectivity index (χ1n) is 4.78. The van der Waals surface area contributed by atoms with Gasteiger partial charge in [-0.25, -0.2) is 0 Å². The van der Waals surface area contributed by atoms with E-state index in [1.165, 1.54) is 6.20 Å². The molecule has 0 aliphatic carbocycles. The van der Waals surface area contributed by atoms with Gasteiger partial charge in [-0.15, -0.1) is 0 Å². The maximum absolute atomic E-state index is 12.2. The normalized spacial score (nSPS) is 12.1. The average molecular weight is 301 g/mol. The first-order valence-corrected chi connectivity index (χ1v) is 5.58. The number of nitrogens with zero attached hydrogens (tertiary/aromatic N) is 2. The highest BCUT2D eigenvalue weighted by Gasteiger charge is 2.29. The summed E-state index contributed by atoms with van der Waals surface area (Å²) >= 11 is 3.15. The minimum Gasteiger partial charge on any atom is -0.375 e. The van der Waals surface area contributed by atoms with Crippen molar-refractivity contribution in [2.24, 2.45) is 0 Å². The Bertz CT molecular complexity index is 338. The van der Waals surface area contributed by atoms with E-state index in [-0.39, 0.29) is 6.61 Å². The Morgan fingerprint density at radius 1 is 1.50 bits per heavy atom. The Labute approximate surface area is 99.7 Å². The van der Waals surface area contributed by atoms with Gasteiger partial charge in [0.25, 0.3) is 0 Å². The van der Waals surface area contributed by atoms with Crippen molar-refractivity contribution in [3.63, 3.8) is 0 Å². The van der Waals surface area contributed by atoms with E-state index in [0.29, 0.717) is 16.8 Å². The van der Waals surface area contributed by atoms with Crippen LogP contribution in [0.1, 0.15) is 19.0 Å². The molecule has 1 heterocycles. The molecule has 3 nitrogen and oxygen atoms in total. The fourth-order valence-electron chi connectivity index (χ4n) is 1.15. The highest BCUT2D eigenvalue weighted by atomic mass is 79.9. The maximum Gasteiger partial charge on any atom is 0.408 e. The Balaban J connectivity index is 2.70. The molecule has 1 rings (SSSR count). The lowest BCUT2D eigenvalue weighted by Crippen LogP contribution is -2.20. The third-order valence-electron chi connectivity index (χ3n) is 1.81. The van der Waals surface area contributed by atoms with E-state index in [4.69, 9.17) is 4.74 Å². The Morgan fingerprint density at radius 3 is 2.75 bits per heavy atom. The molecule has 0 fully saturated rings. The predicted molar refractivity (Wildman–Crippen MR) is 55.9 cm³/mol. The predicted octanol–water partition coefficient (Wildman–Crippen LogP) is 3.13. The lowest BCUT2D eigenvalue weighted by molar-refractivity contribution is -0.143. The van der Waals surface area contributed by atoms with E-state index in [2.05, 4.69) is 21.0 Å². The van der Waals surface area contributed by atoms with Crippen LogP contribution in [0.25, 0.3) is 0 Å². The number of hydrogen-bond acceptors (Lipinski definition) is 2. The summed E-state index contributed by atoms with van der Waals surface area (Å²) in [6.45, 7) is 1.49. The van der Waals surface area contributed by atoms with Gasteiger partial charge in [0.2, 0.25) is 0 Å². The van der Waals surface area contributed by atoms with Crippen LogP contribution in [0.2, 0.25) is 0 Å². The van der Waals surface area contributed by atoms with Gasteiger partial charge in [0, 0.05) is 6.61 Å². The Hall–Kier alpha value is -0.560. The van der Waals surface area contributed by atoms with Crippen molar-refractivity contribution in [3.05, 3.63) is 16.4 Å². The number of hydrogen-bond donors (Lipinski definition) is 0. The molecule has 0 aliphatic heterocycles. The van der Waals surface area contributed by atoms with Crippen LogP contribution in [-0.2, 0) is 17.9 Å². The summed E-state index contributed by atoms with van der Waals surface area (Å²) < 4.78 is 43.2. The van der Waals surface area contributed by atoms with E-state index < -0.39 is 12.7 Å². The summed E-state index contributed by atoms with van der Waals surface area (Å²) in [5.74, 6) is 0. The molecule has 0 saturated carbocycles. The molecule has 0 amide bonds. The summed E-state index contributed by atoms with van der Waals surface area (Å²) in [4.78, 5) is 0. The van der Waals surface area contributed by atoms with E-state index >= 15 is 0 Å². The summed E-state index contributed by atoms with van der Waals surface area (Å²) in [6.07, 6.45) is -2.10. The molecule has 1 aromatic heterocycles. The molecule has 16 heavy (non-hydrogen) atoms. The van der Waals surface area contributed by atoms with Crippen LogP contribution in [0, 0.1) is 0 Å². The average Bonchev–Trinajstić information content (AvgIpc) is 2.47. The van der Waals surface area contributed by atoms with Crippen LogP contribution in [0.15, 0.2) is 10.7 Å². The van der Waals surface area contributed by atoms with Gasteiger partial charge in [0.1, 0.15) is 6.54 Å². The van der Waals surface area contributed by atoms with Crippen LogP contribution in [0.3, 0.4) is 0 Å². The highest BCUT2D eigenvalue weighted by molar-refractivity contribution is 9.10. The maximum atomic E-state index is 12.2. The van der Waals surface area contributed by atoms with Crippen molar-refractivity contribution in [1.29, 1.82) is 0 Å². The molecule has 0 aromatic carbocycles. The lowest BCUT2D eigenvalue weighted by atomic mass is 10.4. The van der Waals surface area contributed by atoms with E-state index in [1.807, 2.05) is 6.92 Å². The monoisotopic (exact) mass is 300 g/mol. The fraction of sp³-hybridized carbons (Fsp3) is 0.667. The molecule has 0 saturated heterocycles. The lowest BCUT2D eigenvalue weighted by Gasteiger charge is -2.10. The Kier molecular flexibility index (Phi) is 4.79. The molecule has 0 unspecified atom stereocenters. The molecule has 0 bridgehead atoms. The van der Waals surface area contributed by atoms with Gasteiger partial charge in [-0.3, -0.25) is 4.68 Å². The number of alkyl halides is 3. The molecule has 1 aromatic rings. The minimum atomic E-state index is -4.27. The summed E-state index contributed by atoms with van der Waals surface area (Å²) in [5.41, 5.74) is 0.408. The van der Waals surface area contributed by atoms with E-state index in [0.717, 1.165) is 11.1 Å². The van der Waals surface area contributed by atoms with Crippen molar-refractivity contribution in [1.82, 2.24) is 9.78 Å². The third kappa shape index (κ3) is 4.13. The number of halogens is 4. The summed E-state index contributed by atoms with van der Waals surface area (Å²) in [5, 5.41) is 3.65. The van der Waals surface area contributed by atoms with Crippen molar-refractivity contribution in [3.8, 4) is 0 Å². The molecule has 7 heteroatoms. The van der Waals surface area contributed by atoms with E-state index in [9.17, 15) is 13.2 Å². The zero-order valence-electron chi connectivity index (χ0n) is 8.72. The second kappa shape index (κ2) is 5.67. The van der Waals surface area contributed by atoms with Gasteiger partial charge in [0.15, 0.2) is 0 Å². The molecule has 0 aliphatic rings. The van der Waals surface area contributed by atoms with Crippen molar-refractivity contribution < 1.29 is 17.9 Å². The molecular formula is C9H12BrF3N2O. The van der Waals surface area contributed by atoms with Crippen LogP contribution in [0.4, 0.5) is 13.2 Å².